The fourth-order valence-electron chi connectivity index (χ4n) is 3.70. The van der Waals surface area contributed by atoms with Gasteiger partial charge in [0.15, 0.2) is 16.3 Å². The Morgan fingerprint density at radius 2 is 1.82 bits per heavy atom. The van der Waals surface area contributed by atoms with Crippen LogP contribution in [0.25, 0.3) is 6.08 Å². The lowest BCUT2D eigenvalue weighted by molar-refractivity contribution is -0.136. The largest absolute Gasteiger partial charge is 0.490 e. The van der Waals surface area contributed by atoms with Gasteiger partial charge in [-0.05, 0) is 55.3 Å². The van der Waals surface area contributed by atoms with Crippen LogP contribution in [-0.2, 0) is 9.53 Å². The summed E-state index contributed by atoms with van der Waals surface area (Å²) in [5.41, 5.74) is 1.22. The number of methoxy groups -OCH3 is 1. The van der Waals surface area contributed by atoms with Crippen molar-refractivity contribution in [3.05, 3.63) is 90.9 Å². The third-order valence-corrected chi connectivity index (χ3v) is 6.17. The molecule has 3 aromatic rings. The number of aromatic nitrogens is 1. The number of hydrogen-bond donors (Lipinski definition) is 0. The number of halogens is 1. The first kappa shape index (κ1) is 23.4. The number of fused-ring (bicyclic) bond motifs is 1. The first-order valence-electron chi connectivity index (χ1n) is 10.7. The molecule has 0 aliphatic carbocycles. The summed E-state index contributed by atoms with van der Waals surface area (Å²) in [6.07, 6.45) is 3.10. The Morgan fingerprint density at radius 3 is 2.50 bits per heavy atom. The molecule has 9 heteroatoms. The van der Waals surface area contributed by atoms with Crippen molar-refractivity contribution in [2.45, 2.75) is 19.9 Å². The average molecular weight is 483 g/mol. The van der Waals surface area contributed by atoms with Crippen molar-refractivity contribution < 1.29 is 23.4 Å². The highest BCUT2D eigenvalue weighted by atomic mass is 32.1. The van der Waals surface area contributed by atoms with Gasteiger partial charge in [-0.15, -0.1) is 0 Å². The van der Waals surface area contributed by atoms with Crippen LogP contribution in [0.3, 0.4) is 0 Å². The second-order valence-electron chi connectivity index (χ2n) is 7.30. The number of thiazole rings is 1. The highest BCUT2D eigenvalue weighted by molar-refractivity contribution is 7.07. The van der Waals surface area contributed by atoms with Crippen molar-refractivity contribution in [2.24, 2.45) is 4.99 Å². The standard InChI is InChI=1S/C25H23FN2O5S/c1-4-32-19-11-8-16(13-20(19)33-5-2)22-18(24(30)31-3)14-27-25-28(22)23(29)21(34-25)12-15-6-9-17(26)10-7-15/h6-14,22H,4-5H2,1-3H3/b21-12-/t22-/m0/s1. The molecule has 176 valence electrons. The molecule has 1 aliphatic heterocycles. The highest BCUT2D eigenvalue weighted by Gasteiger charge is 2.31. The van der Waals surface area contributed by atoms with Gasteiger partial charge < -0.3 is 14.2 Å². The zero-order valence-electron chi connectivity index (χ0n) is 18.9. The molecule has 1 atom stereocenters. The molecule has 0 fully saturated rings. The fourth-order valence-corrected chi connectivity index (χ4v) is 4.67. The SMILES string of the molecule is CCOc1ccc([C@H]2C(C(=O)OC)=CN=c3s/c(=C\c4ccc(F)cc4)c(=O)n32)cc1OCC. The van der Waals surface area contributed by atoms with Gasteiger partial charge in [0.1, 0.15) is 5.82 Å². The van der Waals surface area contributed by atoms with Crippen molar-refractivity contribution in [3.8, 4) is 11.5 Å². The van der Waals surface area contributed by atoms with E-state index in [4.69, 9.17) is 14.2 Å². The van der Waals surface area contributed by atoms with Gasteiger partial charge in [0.05, 0.1) is 36.5 Å². The van der Waals surface area contributed by atoms with Gasteiger partial charge in [-0.25, -0.2) is 14.2 Å². The maximum absolute atomic E-state index is 13.5. The van der Waals surface area contributed by atoms with Crippen LogP contribution in [-0.4, -0.2) is 30.9 Å². The zero-order valence-corrected chi connectivity index (χ0v) is 19.7. The van der Waals surface area contributed by atoms with E-state index in [1.807, 2.05) is 13.8 Å². The van der Waals surface area contributed by atoms with E-state index < -0.39 is 12.0 Å². The minimum absolute atomic E-state index is 0.217. The number of carbonyl (C=O) groups is 1. The van der Waals surface area contributed by atoms with Gasteiger partial charge in [0, 0.05) is 6.20 Å². The molecule has 4 rings (SSSR count). The molecule has 2 heterocycles. The molecule has 0 bridgehead atoms. The number of rotatable bonds is 7. The van der Waals surface area contributed by atoms with Gasteiger partial charge >= 0.3 is 5.97 Å². The second kappa shape index (κ2) is 10.0. The van der Waals surface area contributed by atoms with E-state index >= 15 is 0 Å². The van der Waals surface area contributed by atoms with Gasteiger partial charge in [0.25, 0.3) is 5.56 Å². The summed E-state index contributed by atoms with van der Waals surface area (Å²) < 4.78 is 31.5. The van der Waals surface area contributed by atoms with E-state index in [0.29, 0.717) is 45.2 Å². The Labute approximate surface area is 199 Å². The number of ether oxygens (including phenoxy) is 3. The third kappa shape index (κ3) is 4.51. The molecule has 7 nitrogen and oxygen atoms in total. The minimum Gasteiger partial charge on any atom is -0.490 e. The zero-order chi connectivity index (χ0) is 24.2. The van der Waals surface area contributed by atoms with Crippen molar-refractivity contribution in [2.75, 3.05) is 20.3 Å². The Hall–Kier alpha value is -3.72. The highest BCUT2D eigenvalue weighted by Crippen LogP contribution is 2.35. The van der Waals surface area contributed by atoms with E-state index in [1.165, 1.54) is 41.3 Å². The normalized spacial score (nSPS) is 15.2. The van der Waals surface area contributed by atoms with Crippen LogP contribution < -0.4 is 24.4 Å². The second-order valence-corrected chi connectivity index (χ2v) is 8.31. The molecule has 0 radical (unpaired) electrons. The van der Waals surface area contributed by atoms with Crippen LogP contribution in [0.4, 0.5) is 4.39 Å². The monoisotopic (exact) mass is 482 g/mol. The number of esters is 1. The van der Waals surface area contributed by atoms with Gasteiger partial charge in [-0.3, -0.25) is 9.36 Å². The quantitative estimate of drug-likeness (QED) is 0.484. The predicted molar refractivity (Wildman–Crippen MR) is 126 cm³/mol. The molecule has 0 saturated heterocycles. The number of nitrogens with zero attached hydrogens (tertiary/aromatic N) is 2. The van der Waals surface area contributed by atoms with Gasteiger partial charge in [-0.2, -0.15) is 0 Å². The number of hydrogen-bond acceptors (Lipinski definition) is 7. The Morgan fingerprint density at radius 1 is 1.12 bits per heavy atom. The molecule has 0 saturated carbocycles. The summed E-state index contributed by atoms with van der Waals surface area (Å²) in [7, 11) is 1.28. The third-order valence-electron chi connectivity index (χ3n) is 5.18. The lowest BCUT2D eigenvalue weighted by atomic mass is 9.97. The van der Waals surface area contributed by atoms with Crippen LogP contribution in [0, 0.1) is 5.82 Å². The summed E-state index contributed by atoms with van der Waals surface area (Å²) in [5.74, 6) is 0.132. The molecular formula is C25H23FN2O5S. The van der Waals surface area contributed by atoms with Crippen molar-refractivity contribution >= 4 is 23.4 Å². The molecule has 0 amide bonds. The van der Waals surface area contributed by atoms with Crippen molar-refractivity contribution in [1.82, 2.24) is 4.57 Å². The number of benzene rings is 2. The van der Waals surface area contributed by atoms with Crippen molar-refractivity contribution in [3.63, 3.8) is 0 Å². The molecule has 1 aromatic heterocycles. The van der Waals surface area contributed by atoms with Crippen LogP contribution in [0.2, 0.25) is 0 Å². The van der Waals surface area contributed by atoms with E-state index in [-0.39, 0.29) is 16.9 Å². The van der Waals surface area contributed by atoms with Crippen LogP contribution in [0.1, 0.15) is 31.0 Å². The smallest absolute Gasteiger partial charge is 0.337 e. The van der Waals surface area contributed by atoms with Gasteiger partial charge in [-0.1, -0.05) is 29.5 Å². The fraction of sp³-hybridized carbons (Fsp3) is 0.240. The summed E-state index contributed by atoms with van der Waals surface area (Å²) in [5, 5.41) is 0. The lowest BCUT2D eigenvalue weighted by Gasteiger charge is -2.23. The number of carbonyl (C=O) groups excluding carboxylic acids is 1. The first-order chi connectivity index (χ1) is 16.5. The molecule has 1 aliphatic rings. The van der Waals surface area contributed by atoms with Crippen LogP contribution >= 0.6 is 11.3 Å². The maximum atomic E-state index is 13.5. The molecule has 34 heavy (non-hydrogen) atoms. The molecule has 0 spiro atoms. The van der Waals surface area contributed by atoms with Crippen molar-refractivity contribution in [1.29, 1.82) is 0 Å². The minimum atomic E-state index is -0.769. The molecule has 0 N–H and O–H groups in total. The average Bonchev–Trinajstić information content (AvgIpc) is 3.16. The summed E-state index contributed by atoms with van der Waals surface area (Å²) in [6, 6.07) is 10.4. The van der Waals surface area contributed by atoms with Gasteiger partial charge in [0.2, 0.25) is 0 Å². The maximum Gasteiger partial charge on any atom is 0.337 e. The Bertz CT molecular complexity index is 1420. The Balaban J connectivity index is 1.90. The predicted octanol–water partition coefficient (Wildman–Crippen LogP) is 2.95. The molecule has 2 aromatic carbocycles. The van der Waals surface area contributed by atoms with E-state index in [1.54, 1.807) is 36.4 Å². The summed E-state index contributed by atoms with van der Waals surface area (Å²) >= 11 is 1.19. The van der Waals surface area contributed by atoms with Crippen LogP contribution in [0.5, 0.6) is 11.5 Å². The summed E-state index contributed by atoms with van der Waals surface area (Å²) in [4.78, 5) is 30.9. The van der Waals surface area contributed by atoms with E-state index in [0.717, 1.165) is 0 Å². The first-order valence-corrected chi connectivity index (χ1v) is 11.5. The van der Waals surface area contributed by atoms with E-state index in [9.17, 15) is 14.0 Å². The molecule has 0 unspecified atom stereocenters. The molecular weight excluding hydrogens is 459 g/mol. The topological polar surface area (TPSA) is 79.1 Å². The summed E-state index contributed by atoms with van der Waals surface area (Å²) in [6.45, 7) is 4.62. The van der Waals surface area contributed by atoms with E-state index in [2.05, 4.69) is 4.99 Å². The Kier molecular flexibility index (Phi) is 6.93. The van der Waals surface area contributed by atoms with Crippen LogP contribution in [0.15, 0.2) is 64.0 Å². The lowest BCUT2D eigenvalue weighted by Crippen LogP contribution is -2.39.